The highest BCUT2D eigenvalue weighted by atomic mass is 16.5. The van der Waals surface area contributed by atoms with Gasteiger partial charge in [0.05, 0.1) is 26.2 Å². The second kappa shape index (κ2) is 7.35. The number of nitrogens with zero attached hydrogens (tertiary/aromatic N) is 1. The van der Waals surface area contributed by atoms with Gasteiger partial charge in [0.2, 0.25) is 0 Å². The van der Waals surface area contributed by atoms with Gasteiger partial charge in [0.1, 0.15) is 0 Å². The van der Waals surface area contributed by atoms with Crippen LogP contribution in [0.5, 0.6) is 0 Å². The van der Waals surface area contributed by atoms with E-state index in [4.69, 9.17) is 4.74 Å². The van der Waals surface area contributed by atoms with Crippen molar-refractivity contribution in [3.63, 3.8) is 0 Å². The van der Waals surface area contributed by atoms with E-state index in [2.05, 4.69) is 22.9 Å². The van der Waals surface area contributed by atoms with E-state index in [9.17, 15) is 9.59 Å². The number of hydrazone groups is 1. The molecule has 2 amide bonds. The standard InChI is InChI=1S/C13H22N4O3/c1-17-6-4-10(5-7-17)15-16-13(19)12(18)14-9-11-3-2-8-20-11/h11H,2-9H2,1H3,(H,14,18)(H,16,19)/p+1/t11-/m1/s1. The Balaban J connectivity index is 1.68. The van der Waals surface area contributed by atoms with Gasteiger partial charge in [-0.25, -0.2) is 5.43 Å². The monoisotopic (exact) mass is 283 g/mol. The minimum Gasteiger partial charge on any atom is -0.376 e. The number of piperidine rings is 1. The number of carbonyl (C=O) groups excluding carboxylic acids is 2. The Hall–Kier alpha value is -1.47. The first-order chi connectivity index (χ1) is 9.65. The maximum Gasteiger partial charge on any atom is 0.329 e. The van der Waals surface area contributed by atoms with Gasteiger partial charge >= 0.3 is 11.8 Å². The predicted molar refractivity (Wildman–Crippen MR) is 73.4 cm³/mol. The summed E-state index contributed by atoms with van der Waals surface area (Å²) in [6, 6.07) is 0. The Morgan fingerprint density at radius 3 is 2.75 bits per heavy atom. The third-order valence-corrected chi connectivity index (χ3v) is 3.72. The summed E-state index contributed by atoms with van der Waals surface area (Å²) >= 11 is 0. The summed E-state index contributed by atoms with van der Waals surface area (Å²) in [5.74, 6) is -1.36. The molecule has 2 aliphatic rings. The molecule has 2 rings (SSSR count). The van der Waals surface area contributed by atoms with E-state index in [0.717, 1.165) is 51.1 Å². The first kappa shape index (κ1) is 14.9. The predicted octanol–water partition coefficient (Wildman–Crippen LogP) is -1.94. The number of ether oxygens (including phenoxy) is 1. The van der Waals surface area contributed by atoms with Crippen LogP contribution in [-0.2, 0) is 14.3 Å². The molecule has 0 unspecified atom stereocenters. The van der Waals surface area contributed by atoms with Gasteiger partial charge in [-0.3, -0.25) is 9.59 Å². The maximum atomic E-state index is 11.6. The number of hydrogen-bond donors (Lipinski definition) is 3. The molecule has 0 spiro atoms. The maximum absolute atomic E-state index is 11.6. The highest BCUT2D eigenvalue weighted by Crippen LogP contribution is 2.10. The fourth-order valence-corrected chi connectivity index (χ4v) is 2.35. The molecule has 20 heavy (non-hydrogen) atoms. The minimum atomic E-state index is -0.707. The van der Waals surface area contributed by atoms with Crippen LogP contribution >= 0.6 is 0 Å². The number of likely N-dealkylation sites (tertiary alicyclic amines) is 1. The minimum absolute atomic E-state index is 0.0370. The average Bonchev–Trinajstić information content (AvgIpc) is 2.97. The first-order valence-electron chi connectivity index (χ1n) is 7.21. The van der Waals surface area contributed by atoms with Crippen molar-refractivity contribution in [3.05, 3.63) is 0 Å². The summed E-state index contributed by atoms with van der Waals surface area (Å²) < 4.78 is 5.37. The SMILES string of the molecule is C[NH+]1CCC(=NNC(=O)C(=O)NC[C@H]2CCCO2)CC1. The van der Waals surface area contributed by atoms with Crippen LogP contribution in [0.3, 0.4) is 0 Å². The van der Waals surface area contributed by atoms with Crippen molar-refractivity contribution >= 4 is 17.5 Å². The van der Waals surface area contributed by atoms with Crippen LogP contribution < -0.4 is 15.6 Å². The van der Waals surface area contributed by atoms with Gasteiger partial charge in [0.15, 0.2) is 0 Å². The van der Waals surface area contributed by atoms with Crippen molar-refractivity contribution < 1.29 is 19.2 Å². The van der Waals surface area contributed by atoms with E-state index in [1.165, 1.54) is 4.90 Å². The zero-order valence-corrected chi connectivity index (χ0v) is 11.9. The smallest absolute Gasteiger partial charge is 0.329 e. The van der Waals surface area contributed by atoms with E-state index in [-0.39, 0.29) is 6.10 Å². The van der Waals surface area contributed by atoms with Crippen LogP contribution in [0, 0.1) is 0 Å². The Kier molecular flexibility index (Phi) is 5.49. The molecule has 0 aliphatic carbocycles. The lowest BCUT2D eigenvalue weighted by Crippen LogP contribution is -3.10. The lowest BCUT2D eigenvalue weighted by molar-refractivity contribution is -0.880. The normalized spacial score (nSPS) is 26.1. The van der Waals surface area contributed by atoms with Crippen molar-refractivity contribution in [1.82, 2.24) is 10.7 Å². The zero-order chi connectivity index (χ0) is 14.4. The highest BCUT2D eigenvalue weighted by molar-refractivity contribution is 6.35. The second-order valence-corrected chi connectivity index (χ2v) is 5.42. The number of nitrogens with one attached hydrogen (secondary N) is 3. The summed E-state index contributed by atoms with van der Waals surface area (Å²) in [7, 11) is 2.13. The molecule has 7 nitrogen and oxygen atoms in total. The fraction of sp³-hybridized carbons (Fsp3) is 0.769. The van der Waals surface area contributed by atoms with Crippen molar-refractivity contribution in [3.8, 4) is 0 Å². The number of rotatable bonds is 3. The third-order valence-electron chi connectivity index (χ3n) is 3.72. The molecule has 0 radical (unpaired) electrons. The molecular formula is C13H23N4O3+. The van der Waals surface area contributed by atoms with Crippen LogP contribution in [0.4, 0.5) is 0 Å². The topological polar surface area (TPSA) is 84.2 Å². The van der Waals surface area contributed by atoms with Crippen LogP contribution in [0.2, 0.25) is 0 Å². The quantitative estimate of drug-likeness (QED) is 0.416. The first-order valence-corrected chi connectivity index (χ1v) is 7.21. The van der Waals surface area contributed by atoms with E-state index in [1.807, 2.05) is 0 Å². The van der Waals surface area contributed by atoms with Gasteiger partial charge in [-0.05, 0) is 12.8 Å². The molecule has 112 valence electrons. The molecule has 7 heteroatoms. The summed E-state index contributed by atoms with van der Waals surface area (Å²) in [5.41, 5.74) is 3.28. The molecule has 3 N–H and O–H groups in total. The number of carbonyl (C=O) groups is 2. The Bertz CT molecular complexity index is 381. The number of hydrogen-bond acceptors (Lipinski definition) is 4. The molecule has 0 saturated carbocycles. The van der Waals surface area contributed by atoms with Gasteiger partial charge in [-0.2, -0.15) is 5.10 Å². The molecular weight excluding hydrogens is 260 g/mol. The lowest BCUT2D eigenvalue weighted by Gasteiger charge is -2.20. The van der Waals surface area contributed by atoms with E-state index >= 15 is 0 Å². The van der Waals surface area contributed by atoms with E-state index in [0.29, 0.717) is 6.54 Å². The van der Waals surface area contributed by atoms with E-state index < -0.39 is 11.8 Å². The lowest BCUT2D eigenvalue weighted by atomic mass is 10.1. The number of quaternary nitrogens is 1. The van der Waals surface area contributed by atoms with Gasteiger partial charge in [-0.1, -0.05) is 0 Å². The van der Waals surface area contributed by atoms with Crippen molar-refractivity contribution in [2.45, 2.75) is 31.8 Å². The molecule has 2 fully saturated rings. The van der Waals surface area contributed by atoms with Gasteiger partial charge in [0, 0.05) is 31.7 Å². The zero-order valence-electron chi connectivity index (χ0n) is 11.9. The molecule has 0 bridgehead atoms. The Morgan fingerprint density at radius 2 is 2.10 bits per heavy atom. The molecule has 1 atom stereocenters. The average molecular weight is 283 g/mol. The molecule has 2 heterocycles. The Labute approximate surface area is 118 Å². The van der Waals surface area contributed by atoms with Crippen LogP contribution in [0.25, 0.3) is 0 Å². The van der Waals surface area contributed by atoms with Crippen molar-refractivity contribution in [1.29, 1.82) is 0 Å². The van der Waals surface area contributed by atoms with Crippen molar-refractivity contribution in [2.75, 3.05) is 33.3 Å². The molecule has 2 saturated heterocycles. The van der Waals surface area contributed by atoms with Crippen LogP contribution in [0.1, 0.15) is 25.7 Å². The van der Waals surface area contributed by atoms with Crippen LogP contribution in [-0.4, -0.2) is 56.9 Å². The third kappa shape index (κ3) is 4.57. The summed E-state index contributed by atoms with van der Waals surface area (Å²) in [5, 5.41) is 6.60. The Morgan fingerprint density at radius 1 is 1.35 bits per heavy atom. The fourth-order valence-electron chi connectivity index (χ4n) is 2.35. The molecule has 2 aliphatic heterocycles. The molecule has 0 aromatic heterocycles. The van der Waals surface area contributed by atoms with Gasteiger partial charge in [-0.15, -0.1) is 0 Å². The highest BCUT2D eigenvalue weighted by Gasteiger charge is 2.20. The second-order valence-electron chi connectivity index (χ2n) is 5.42. The molecule has 0 aromatic carbocycles. The van der Waals surface area contributed by atoms with Crippen LogP contribution in [0.15, 0.2) is 5.10 Å². The largest absolute Gasteiger partial charge is 0.376 e. The summed E-state index contributed by atoms with van der Waals surface area (Å²) in [6.07, 6.45) is 3.71. The van der Waals surface area contributed by atoms with Crippen molar-refractivity contribution in [2.24, 2.45) is 5.10 Å². The summed E-state index contributed by atoms with van der Waals surface area (Å²) in [4.78, 5) is 24.6. The van der Waals surface area contributed by atoms with Gasteiger partial charge in [0.25, 0.3) is 0 Å². The summed E-state index contributed by atoms with van der Waals surface area (Å²) in [6.45, 7) is 3.15. The van der Waals surface area contributed by atoms with Gasteiger partial charge < -0.3 is 15.0 Å². The molecule has 0 aromatic rings. The number of amides is 2. The van der Waals surface area contributed by atoms with E-state index in [1.54, 1.807) is 0 Å².